The highest BCUT2D eigenvalue weighted by Gasteiger charge is 2.17. The molecule has 0 nitrogen and oxygen atoms in total. The first-order valence-electron chi connectivity index (χ1n) is 17.5. The van der Waals surface area contributed by atoms with Crippen LogP contribution in [0.2, 0.25) is 0 Å². The summed E-state index contributed by atoms with van der Waals surface area (Å²) < 4.78 is 0. The fourth-order valence-corrected chi connectivity index (χ4v) is 9.28. The summed E-state index contributed by atoms with van der Waals surface area (Å²) in [5, 5.41) is 23.7. The lowest BCUT2D eigenvalue weighted by atomic mass is 9.86. The molecule has 0 saturated heterocycles. The predicted molar refractivity (Wildman–Crippen MR) is 217 cm³/mol. The lowest BCUT2D eigenvalue weighted by Gasteiger charge is -2.17. The Morgan fingerprint density at radius 3 is 1.20 bits per heavy atom. The molecule has 0 atom stereocenters. The Hall–Kier alpha value is -6.50. The molecule has 0 saturated carbocycles. The van der Waals surface area contributed by atoms with E-state index in [-0.39, 0.29) is 0 Å². The number of fused-ring (bicyclic) bond motifs is 2. The van der Waals surface area contributed by atoms with Crippen molar-refractivity contribution in [1.29, 1.82) is 0 Å². The monoisotopic (exact) mass is 628 g/mol. The van der Waals surface area contributed by atoms with E-state index in [9.17, 15) is 0 Å². The Kier molecular flexibility index (Phi) is 5.06. The molecule has 0 unspecified atom stereocenters. The molecule has 12 rings (SSSR count). The third kappa shape index (κ3) is 3.45. The Bertz CT molecular complexity index is 3320. The molecular formula is C50H28. The van der Waals surface area contributed by atoms with Gasteiger partial charge in [0, 0.05) is 0 Å². The van der Waals surface area contributed by atoms with Crippen molar-refractivity contribution in [2.75, 3.05) is 0 Å². The zero-order valence-electron chi connectivity index (χ0n) is 27.2. The van der Waals surface area contributed by atoms with Gasteiger partial charge < -0.3 is 0 Å². The zero-order valence-corrected chi connectivity index (χ0v) is 27.2. The second-order valence-corrected chi connectivity index (χ2v) is 14.0. The van der Waals surface area contributed by atoms with Crippen molar-refractivity contribution < 1.29 is 0 Å². The van der Waals surface area contributed by atoms with Gasteiger partial charge in [-0.15, -0.1) is 0 Å². The molecular weight excluding hydrogens is 601 g/mol. The summed E-state index contributed by atoms with van der Waals surface area (Å²) in [5.74, 6) is 0. The highest BCUT2D eigenvalue weighted by atomic mass is 14.2. The second-order valence-electron chi connectivity index (χ2n) is 14.0. The average molecular weight is 629 g/mol. The fourth-order valence-electron chi connectivity index (χ4n) is 9.28. The van der Waals surface area contributed by atoms with Crippen molar-refractivity contribution in [1.82, 2.24) is 0 Å². The molecule has 12 aromatic rings. The van der Waals surface area contributed by atoms with Crippen LogP contribution in [0.5, 0.6) is 0 Å². The smallest absolute Gasteiger partial charge is 0.00199 e. The van der Waals surface area contributed by atoms with Crippen LogP contribution in [0.4, 0.5) is 0 Å². The van der Waals surface area contributed by atoms with Crippen LogP contribution in [-0.2, 0) is 0 Å². The van der Waals surface area contributed by atoms with Crippen molar-refractivity contribution in [3.05, 3.63) is 170 Å². The molecule has 0 radical (unpaired) electrons. The molecule has 228 valence electrons. The number of benzene rings is 11. The summed E-state index contributed by atoms with van der Waals surface area (Å²) in [4.78, 5) is 0. The summed E-state index contributed by atoms with van der Waals surface area (Å²) in [6.45, 7) is 0. The van der Waals surface area contributed by atoms with Gasteiger partial charge in [0.2, 0.25) is 0 Å². The molecule has 0 aliphatic rings. The Balaban J connectivity index is 1.13. The van der Waals surface area contributed by atoms with E-state index in [4.69, 9.17) is 0 Å². The first-order chi connectivity index (χ1) is 24.8. The van der Waals surface area contributed by atoms with Crippen molar-refractivity contribution in [2.24, 2.45) is 0 Å². The number of hydrogen-bond acceptors (Lipinski definition) is 0. The summed E-state index contributed by atoms with van der Waals surface area (Å²) >= 11 is 0. The van der Waals surface area contributed by atoms with E-state index in [0.717, 1.165) is 0 Å². The maximum Gasteiger partial charge on any atom is -0.00199 e. The van der Waals surface area contributed by atoms with Gasteiger partial charge in [0.1, 0.15) is 0 Å². The van der Waals surface area contributed by atoms with Gasteiger partial charge in [-0.3, -0.25) is 0 Å². The summed E-state index contributed by atoms with van der Waals surface area (Å²) in [6, 6.07) is 64.0. The van der Waals surface area contributed by atoms with E-state index in [1.54, 1.807) is 0 Å². The Morgan fingerprint density at radius 2 is 0.600 bits per heavy atom. The maximum atomic E-state index is 2.45. The molecule has 0 N–H and O–H groups in total. The van der Waals surface area contributed by atoms with Crippen LogP contribution in [0.25, 0.3) is 119 Å². The van der Waals surface area contributed by atoms with Crippen molar-refractivity contribution in [3.63, 3.8) is 0 Å². The standard InChI is InChI=1S/C50H28/c1-5-31-17-20-36-23-25-39(43-26-24-32(6-1)45(31)46(36)43)30-15-13-29(14-16-30)38-27-37-22-21-35-8-3-11-41-40-10-2-7-33-18-19-34-9-4-12-42(49(34)47(33)40)44(28-38)50(37)48(35)41/h1-28H. The van der Waals surface area contributed by atoms with Crippen LogP contribution in [0, 0.1) is 0 Å². The zero-order chi connectivity index (χ0) is 32.5. The van der Waals surface area contributed by atoms with E-state index in [2.05, 4.69) is 170 Å². The molecule has 12 aromatic carbocycles. The predicted octanol–water partition coefficient (Wildman–Crippen LogP) is 14.3. The maximum absolute atomic E-state index is 2.45. The average Bonchev–Trinajstić information content (AvgIpc) is 3.18. The van der Waals surface area contributed by atoms with Crippen LogP contribution in [0.1, 0.15) is 0 Å². The van der Waals surface area contributed by atoms with Crippen molar-refractivity contribution >= 4 is 97.0 Å². The lowest BCUT2D eigenvalue weighted by molar-refractivity contribution is 1.64. The number of rotatable bonds is 2. The quantitative estimate of drug-likeness (QED) is 0.167. The minimum atomic E-state index is 1.23. The van der Waals surface area contributed by atoms with Gasteiger partial charge >= 0.3 is 0 Å². The molecule has 0 bridgehead atoms. The third-order valence-corrected chi connectivity index (χ3v) is 11.5. The molecule has 0 fully saturated rings. The minimum absolute atomic E-state index is 1.23. The Morgan fingerprint density at radius 1 is 0.200 bits per heavy atom. The molecule has 50 heavy (non-hydrogen) atoms. The van der Waals surface area contributed by atoms with Crippen LogP contribution in [0.3, 0.4) is 0 Å². The largest absolute Gasteiger partial charge is 0.0610 e. The highest BCUT2D eigenvalue weighted by molar-refractivity contribution is 6.37. The number of hydrogen-bond donors (Lipinski definition) is 0. The topological polar surface area (TPSA) is 0 Å². The first kappa shape index (κ1) is 26.5. The minimum Gasteiger partial charge on any atom is -0.0610 e. The lowest BCUT2D eigenvalue weighted by Crippen LogP contribution is -1.89. The first-order valence-corrected chi connectivity index (χ1v) is 17.5. The van der Waals surface area contributed by atoms with Crippen molar-refractivity contribution in [2.45, 2.75) is 0 Å². The molecule has 0 spiro atoms. The van der Waals surface area contributed by atoms with Gasteiger partial charge in [0.15, 0.2) is 0 Å². The Labute approximate surface area is 288 Å². The fraction of sp³-hybridized carbons (Fsp3) is 0. The molecule has 0 aliphatic carbocycles. The highest BCUT2D eigenvalue weighted by Crippen LogP contribution is 2.45. The van der Waals surface area contributed by atoms with E-state index in [1.807, 2.05) is 0 Å². The van der Waals surface area contributed by atoms with Gasteiger partial charge in [-0.2, -0.15) is 0 Å². The molecule has 0 heterocycles. The summed E-state index contributed by atoms with van der Waals surface area (Å²) in [7, 11) is 0. The molecule has 0 heteroatoms. The normalized spacial score (nSPS) is 12.4. The third-order valence-electron chi connectivity index (χ3n) is 11.5. The van der Waals surface area contributed by atoms with Crippen LogP contribution < -0.4 is 0 Å². The van der Waals surface area contributed by atoms with Crippen LogP contribution >= 0.6 is 0 Å². The van der Waals surface area contributed by atoms with Gasteiger partial charge in [-0.05, 0) is 131 Å². The molecule has 0 aliphatic heterocycles. The van der Waals surface area contributed by atoms with Gasteiger partial charge in [0.05, 0.1) is 0 Å². The van der Waals surface area contributed by atoms with Crippen molar-refractivity contribution in [3.8, 4) is 22.3 Å². The molecule has 0 amide bonds. The van der Waals surface area contributed by atoms with E-state index in [0.29, 0.717) is 0 Å². The van der Waals surface area contributed by atoms with E-state index >= 15 is 0 Å². The van der Waals surface area contributed by atoms with Gasteiger partial charge in [-0.25, -0.2) is 0 Å². The summed E-state index contributed by atoms with van der Waals surface area (Å²) in [5.41, 5.74) is 4.99. The SMILES string of the molecule is c1cc2ccc3ccc(-c4ccc(-c5cc6ccc7cccc8c9cccc%10ccc%11cccc(c(c5)c6c78)c%11c%109)cc4)c4ccc(c1)c2c34. The van der Waals surface area contributed by atoms with E-state index in [1.165, 1.54) is 119 Å². The van der Waals surface area contributed by atoms with E-state index < -0.39 is 0 Å². The summed E-state index contributed by atoms with van der Waals surface area (Å²) in [6.07, 6.45) is 0. The van der Waals surface area contributed by atoms with Crippen LogP contribution in [0.15, 0.2) is 170 Å². The van der Waals surface area contributed by atoms with Gasteiger partial charge in [0.25, 0.3) is 0 Å². The van der Waals surface area contributed by atoms with Crippen LogP contribution in [-0.4, -0.2) is 0 Å². The second kappa shape index (κ2) is 9.56. The molecule has 0 aromatic heterocycles. The van der Waals surface area contributed by atoms with Gasteiger partial charge in [-0.1, -0.05) is 158 Å².